The average Bonchev–Trinajstić information content (AvgIpc) is 2.20. The minimum absolute atomic E-state index is 0.0370. The van der Waals surface area contributed by atoms with E-state index in [2.05, 4.69) is 22.5 Å². The van der Waals surface area contributed by atoms with E-state index in [9.17, 15) is 4.79 Å². The predicted octanol–water partition coefficient (Wildman–Crippen LogP) is 1.92. The fourth-order valence-electron chi connectivity index (χ4n) is 1.71. The second-order valence-corrected chi connectivity index (χ2v) is 3.82. The van der Waals surface area contributed by atoms with Crippen LogP contribution >= 0.6 is 0 Å². The molecule has 1 unspecified atom stereocenters. The highest BCUT2D eigenvalue weighted by Crippen LogP contribution is 2.25. The molecule has 0 aliphatic carbocycles. The van der Waals surface area contributed by atoms with Crippen LogP contribution in [0, 0.1) is 6.92 Å². The van der Waals surface area contributed by atoms with Crippen LogP contribution in [0.4, 0.5) is 11.5 Å². The minimum atomic E-state index is -0.142. The highest BCUT2D eigenvalue weighted by atomic mass is 16.2. The molecule has 80 valence electrons. The lowest BCUT2D eigenvalue weighted by molar-refractivity contribution is -0.117. The molecule has 1 aromatic heterocycles. The van der Waals surface area contributed by atoms with E-state index >= 15 is 0 Å². The Hall–Kier alpha value is -1.58. The van der Waals surface area contributed by atoms with Gasteiger partial charge in [0.05, 0.1) is 5.69 Å². The Morgan fingerprint density at radius 2 is 2.27 bits per heavy atom. The van der Waals surface area contributed by atoms with E-state index in [0.717, 1.165) is 30.0 Å². The average molecular weight is 205 g/mol. The third-order valence-electron chi connectivity index (χ3n) is 2.50. The van der Waals surface area contributed by atoms with E-state index in [-0.39, 0.29) is 11.9 Å². The molecule has 1 aliphatic heterocycles. The number of rotatable bonds is 2. The van der Waals surface area contributed by atoms with E-state index in [1.807, 2.05) is 19.1 Å². The lowest BCUT2D eigenvalue weighted by Crippen LogP contribution is -2.39. The number of nitrogens with one attached hydrogen (secondary N) is 2. The lowest BCUT2D eigenvalue weighted by atomic mass is 10.1. The van der Waals surface area contributed by atoms with Crippen LogP contribution in [-0.4, -0.2) is 16.9 Å². The molecule has 1 aromatic rings. The van der Waals surface area contributed by atoms with Crippen molar-refractivity contribution in [2.45, 2.75) is 32.7 Å². The maximum atomic E-state index is 11.6. The highest BCUT2D eigenvalue weighted by molar-refractivity contribution is 6.02. The summed E-state index contributed by atoms with van der Waals surface area (Å²) in [7, 11) is 0. The van der Waals surface area contributed by atoms with Gasteiger partial charge in [-0.1, -0.05) is 13.3 Å². The first-order chi connectivity index (χ1) is 7.20. The van der Waals surface area contributed by atoms with Crippen LogP contribution in [0.5, 0.6) is 0 Å². The molecule has 0 saturated heterocycles. The summed E-state index contributed by atoms with van der Waals surface area (Å²) in [6, 6.07) is 3.63. The molecule has 2 rings (SSSR count). The fourth-order valence-corrected chi connectivity index (χ4v) is 1.71. The van der Waals surface area contributed by atoms with Gasteiger partial charge in [-0.25, -0.2) is 4.98 Å². The third-order valence-corrected chi connectivity index (χ3v) is 2.50. The number of nitrogens with zero attached hydrogens (tertiary/aromatic N) is 1. The number of pyridine rings is 1. The summed E-state index contributed by atoms with van der Waals surface area (Å²) in [5.41, 5.74) is 1.73. The molecule has 15 heavy (non-hydrogen) atoms. The van der Waals surface area contributed by atoms with Crippen molar-refractivity contribution in [2.75, 3.05) is 10.6 Å². The lowest BCUT2D eigenvalue weighted by Gasteiger charge is -2.25. The Balaban J connectivity index is 2.26. The van der Waals surface area contributed by atoms with Crippen molar-refractivity contribution in [3.05, 3.63) is 17.8 Å². The molecule has 1 amide bonds. The van der Waals surface area contributed by atoms with Crippen LogP contribution in [0.2, 0.25) is 0 Å². The topological polar surface area (TPSA) is 54.0 Å². The molecule has 0 radical (unpaired) electrons. The smallest absolute Gasteiger partial charge is 0.247 e. The number of amides is 1. The first-order valence-electron chi connectivity index (χ1n) is 5.25. The minimum Gasteiger partial charge on any atom is -0.357 e. The number of hydrogen-bond acceptors (Lipinski definition) is 3. The third kappa shape index (κ3) is 1.93. The maximum Gasteiger partial charge on any atom is 0.247 e. The number of carbonyl (C=O) groups excluding carboxylic acids is 1. The summed E-state index contributed by atoms with van der Waals surface area (Å²) < 4.78 is 0. The van der Waals surface area contributed by atoms with Crippen molar-refractivity contribution >= 4 is 17.4 Å². The van der Waals surface area contributed by atoms with Crippen LogP contribution in [0.15, 0.2) is 12.1 Å². The maximum absolute atomic E-state index is 11.6. The van der Waals surface area contributed by atoms with E-state index in [1.54, 1.807) is 0 Å². The highest BCUT2D eigenvalue weighted by Gasteiger charge is 2.25. The number of anilines is 2. The Bertz CT molecular complexity index is 389. The molecule has 2 N–H and O–H groups in total. The number of fused-ring (bicyclic) bond motifs is 1. The molecule has 2 heterocycles. The van der Waals surface area contributed by atoms with Crippen LogP contribution in [0.3, 0.4) is 0 Å². The zero-order chi connectivity index (χ0) is 10.8. The summed E-state index contributed by atoms with van der Waals surface area (Å²) in [6.45, 7) is 4.00. The predicted molar refractivity (Wildman–Crippen MR) is 59.9 cm³/mol. The molecule has 4 nitrogen and oxygen atoms in total. The summed E-state index contributed by atoms with van der Waals surface area (Å²) in [5, 5.41) is 6.02. The van der Waals surface area contributed by atoms with Crippen molar-refractivity contribution in [3.8, 4) is 0 Å². The Kier molecular flexibility index (Phi) is 2.58. The molecule has 0 aromatic carbocycles. The molecule has 1 aliphatic rings. The van der Waals surface area contributed by atoms with Crippen molar-refractivity contribution < 1.29 is 4.79 Å². The molecule has 1 atom stereocenters. The van der Waals surface area contributed by atoms with Gasteiger partial charge in [0, 0.05) is 5.69 Å². The first kappa shape index (κ1) is 9.96. The summed E-state index contributed by atoms with van der Waals surface area (Å²) in [4.78, 5) is 16.0. The molecule has 0 spiro atoms. The number of hydrogen-bond donors (Lipinski definition) is 2. The van der Waals surface area contributed by atoms with Gasteiger partial charge in [0.25, 0.3) is 0 Å². The van der Waals surface area contributed by atoms with Crippen molar-refractivity contribution in [1.82, 2.24) is 4.98 Å². The van der Waals surface area contributed by atoms with Gasteiger partial charge in [-0.15, -0.1) is 0 Å². The van der Waals surface area contributed by atoms with Crippen LogP contribution in [-0.2, 0) is 4.79 Å². The van der Waals surface area contributed by atoms with Crippen LogP contribution in [0.25, 0.3) is 0 Å². The standard InChI is InChI=1S/C11H15N3O/c1-3-4-9-11(15)14-8-6-5-7(2)12-10(8)13-9/h5-6,9H,3-4H2,1-2H3,(H,12,13)(H,14,15). The van der Waals surface area contributed by atoms with Crippen molar-refractivity contribution in [1.29, 1.82) is 0 Å². The SMILES string of the molecule is CCCC1Nc2nc(C)ccc2NC1=O. The second-order valence-electron chi connectivity index (χ2n) is 3.82. The van der Waals surface area contributed by atoms with Gasteiger partial charge >= 0.3 is 0 Å². The molecular formula is C11H15N3O. The number of aryl methyl sites for hydroxylation is 1. The molecule has 4 heteroatoms. The molecule has 0 bridgehead atoms. The van der Waals surface area contributed by atoms with Gasteiger partial charge in [0.1, 0.15) is 6.04 Å². The molecular weight excluding hydrogens is 190 g/mol. The van der Waals surface area contributed by atoms with Crippen LogP contribution in [0.1, 0.15) is 25.5 Å². The second kappa shape index (κ2) is 3.88. The van der Waals surface area contributed by atoms with Gasteiger partial charge in [0.2, 0.25) is 5.91 Å². The van der Waals surface area contributed by atoms with E-state index in [0.29, 0.717) is 0 Å². The van der Waals surface area contributed by atoms with Gasteiger partial charge in [0.15, 0.2) is 5.82 Å². The van der Waals surface area contributed by atoms with Gasteiger partial charge in [-0.2, -0.15) is 0 Å². The Labute approximate surface area is 89.1 Å². The Morgan fingerprint density at radius 1 is 1.47 bits per heavy atom. The zero-order valence-electron chi connectivity index (χ0n) is 9.00. The Morgan fingerprint density at radius 3 is 3.00 bits per heavy atom. The van der Waals surface area contributed by atoms with Crippen molar-refractivity contribution in [3.63, 3.8) is 0 Å². The van der Waals surface area contributed by atoms with E-state index in [1.165, 1.54) is 0 Å². The van der Waals surface area contributed by atoms with Gasteiger partial charge in [-0.05, 0) is 25.5 Å². The van der Waals surface area contributed by atoms with Crippen LogP contribution < -0.4 is 10.6 Å². The van der Waals surface area contributed by atoms with E-state index in [4.69, 9.17) is 0 Å². The normalized spacial score (nSPS) is 19.1. The largest absolute Gasteiger partial charge is 0.357 e. The monoisotopic (exact) mass is 205 g/mol. The summed E-state index contributed by atoms with van der Waals surface area (Å²) in [5.74, 6) is 0.822. The quantitative estimate of drug-likeness (QED) is 0.775. The molecule has 0 saturated carbocycles. The van der Waals surface area contributed by atoms with Gasteiger partial charge < -0.3 is 10.6 Å². The molecule has 0 fully saturated rings. The van der Waals surface area contributed by atoms with E-state index < -0.39 is 0 Å². The summed E-state index contributed by atoms with van der Waals surface area (Å²) >= 11 is 0. The zero-order valence-corrected chi connectivity index (χ0v) is 9.00. The number of aromatic nitrogens is 1. The van der Waals surface area contributed by atoms with Crippen molar-refractivity contribution in [2.24, 2.45) is 0 Å². The van der Waals surface area contributed by atoms with Gasteiger partial charge in [-0.3, -0.25) is 4.79 Å². The fraction of sp³-hybridized carbons (Fsp3) is 0.455. The first-order valence-corrected chi connectivity index (χ1v) is 5.25. The number of carbonyl (C=O) groups is 1. The summed E-state index contributed by atoms with van der Waals surface area (Å²) in [6.07, 6.45) is 1.81.